The fourth-order valence-corrected chi connectivity index (χ4v) is 0.848. The molecule has 0 aliphatic rings. The number of hydrogen-bond donors (Lipinski definition) is 2. The average molecular weight is 345 g/mol. The number of carbonyl (C=O) groups excluding carboxylic acids is 1. The van der Waals surface area contributed by atoms with Crippen LogP contribution < -0.4 is 11.1 Å². The van der Waals surface area contributed by atoms with Crippen LogP contribution in [0.5, 0.6) is 0 Å². The molecule has 0 saturated carbocycles. The predicted molar refractivity (Wildman–Crippen MR) is 73.0 cm³/mol. The summed E-state index contributed by atoms with van der Waals surface area (Å²) < 4.78 is 9.38. The first-order valence-corrected chi connectivity index (χ1v) is 4.72. The van der Waals surface area contributed by atoms with Crippen LogP contribution in [0.2, 0.25) is 0 Å². The van der Waals surface area contributed by atoms with Gasteiger partial charge in [-0.3, -0.25) is 9.79 Å². The zero-order valence-corrected chi connectivity index (χ0v) is 12.2. The van der Waals surface area contributed by atoms with E-state index in [2.05, 4.69) is 15.0 Å². The molecular weight excluding hydrogens is 325 g/mol. The number of hydrogen-bond acceptors (Lipinski definition) is 4. The molecule has 6 nitrogen and oxygen atoms in total. The van der Waals surface area contributed by atoms with Gasteiger partial charge in [0, 0.05) is 13.7 Å². The third-order valence-corrected chi connectivity index (χ3v) is 1.75. The highest BCUT2D eigenvalue weighted by molar-refractivity contribution is 14.0. The molecule has 0 aliphatic heterocycles. The highest BCUT2D eigenvalue weighted by atomic mass is 127. The number of rotatable bonds is 6. The topological polar surface area (TPSA) is 85.9 Å². The van der Waals surface area contributed by atoms with E-state index in [0.29, 0.717) is 25.7 Å². The summed E-state index contributed by atoms with van der Waals surface area (Å²) in [5.41, 5.74) is 5.54. The Morgan fingerprint density at radius 2 is 2.12 bits per heavy atom. The van der Waals surface area contributed by atoms with Gasteiger partial charge in [0.05, 0.1) is 26.2 Å². The van der Waals surface area contributed by atoms with Gasteiger partial charge in [-0.15, -0.1) is 24.0 Å². The number of esters is 1. The quantitative estimate of drug-likeness (QED) is 0.232. The lowest BCUT2D eigenvalue weighted by Crippen LogP contribution is -2.34. The maximum Gasteiger partial charge on any atom is 0.310 e. The molecule has 7 heteroatoms. The third-order valence-electron chi connectivity index (χ3n) is 1.75. The maximum atomic E-state index is 11.0. The zero-order chi connectivity index (χ0) is 11.7. The molecule has 0 bridgehead atoms. The zero-order valence-electron chi connectivity index (χ0n) is 9.86. The first-order valence-electron chi connectivity index (χ1n) is 4.72. The van der Waals surface area contributed by atoms with Crippen molar-refractivity contribution in [2.24, 2.45) is 16.6 Å². The molecule has 0 heterocycles. The Hall–Kier alpha value is -0.570. The standard InChI is InChI=1S/C9H19N3O3.HI/c1-7(8(13)15-3)6-12-9(10)11-4-5-14-2;/h7H,4-6H2,1-3H3,(H3,10,11,12);1H. The largest absolute Gasteiger partial charge is 0.469 e. The number of nitrogens with one attached hydrogen (secondary N) is 1. The summed E-state index contributed by atoms with van der Waals surface area (Å²) in [4.78, 5) is 15.0. The molecule has 0 aromatic rings. The van der Waals surface area contributed by atoms with Gasteiger partial charge in [-0.25, -0.2) is 0 Å². The van der Waals surface area contributed by atoms with Crippen LogP contribution >= 0.6 is 24.0 Å². The third kappa shape index (κ3) is 8.72. The van der Waals surface area contributed by atoms with Crippen molar-refractivity contribution in [3.63, 3.8) is 0 Å². The fourth-order valence-electron chi connectivity index (χ4n) is 0.848. The minimum absolute atomic E-state index is 0. The molecule has 0 fully saturated rings. The van der Waals surface area contributed by atoms with E-state index in [9.17, 15) is 4.79 Å². The van der Waals surface area contributed by atoms with Crippen LogP contribution in [0, 0.1) is 5.92 Å². The van der Waals surface area contributed by atoms with Gasteiger partial charge in [0.2, 0.25) is 0 Å². The predicted octanol–water partition coefficient (Wildman–Crippen LogP) is -0.0358. The highest BCUT2D eigenvalue weighted by Crippen LogP contribution is 1.97. The van der Waals surface area contributed by atoms with Gasteiger partial charge in [0.15, 0.2) is 5.96 Å². The molecule has 1 atom stereocenters. The van der Waals surface area contributed by atoms with Crippen LogP contribution in [-0.2, 0) is 14.3 Å². The first-order chi connectivity index (χ1) is 7.11. The van der Waals surface area contributed by atoms with Gasteiger partial charge >= 0.3 is 5.97 Å². The molecule has 0 saturated heterocycles. The van der Waals surface area contributed by atoms with Crippen LogP contribution in [0.4, 0.5) is 0 Å². The van der Waals surface area contributed by atoms with Crippen LogP contribution in [0.3, 0.4) is 0 Å². The Morgan fingerprint density at radius 3 is 2.62 bits per heavy atom. The van der Waals surface area contributed by atoms with Crippen molar-refractivity contribution in [1.29, 1.82) is 0 Å². The summed E-state index contributed by atoms with van der Waals surface area (Å²) in [5, 5.41) is 2.85. The van der Waals surface area contributed by atoms with Crippen molar-refractivity contribution in [2.45, 2.75) is 6.92 Å². The van der Waals surface area contributed by atoms with Gasteiger partial charge < -0.3 is 20.5 Å². The van der Waals surface area contributed by atoms with Crippen molar-refractivity contribution in [2.75, 3.05) is 33.9 Å². The summed E-state index contributed by atoms with van der Waals surface area (Å²) >= 11 is 0. The van der Waals surface area contributed by atoms with E-state index in [4.69, 9.17) is 10.5 Å². The average Bonchev–Trinajstić information content (AvgIpc) is 2.25. The second-order valence-electron chi connectivity index (χ2n) is 3.07. The summed E-state index contributed by atoms with van der Waals surface area (Å²) in [6, 6.07) is 0. The molecule has 0 spiro atoms. The van der Waals surface area contributed by atoms with Gasteiger partial charge in [0.25, 0.3) is 0 Å². The summed E-state index contributed by atoms with van der Waals surface area (Å²) in [6.07, 6.45) is 0. The van der Waals surface area contributed by atoms with Crippen molar-refractivity contribution in [3.05, 3.63) is 0 Å². The number of nitrogens with zero attached hydrogens (tertiary/aromatic N) is 1. The SMILES string of the molecule is COCCNC(N)=NCC(C)C(=O)OC.I. The van der Waals surface area contributed by atoms with Crippen molar-refractivity contribution in [1.82, 2.24) is 5.32 Å². The van der Waals surface area contributed by atoms with Crippen molar-refractivity contribution in [3.8, 4) is 0 Å². The lowest BCUT2D eigenvalue weighted by atomic mass is 10.2. The molecule has 0 rings (SSSR count). The number of guanidine groups is 1. The van der Waals surface area contributed by atoms with E-state index >= 15 is 0 Å². The number of nitrogens with two attached hydrogens (primary N) is 1. The summed E-state index contributed by atoms with van der Waals surface area (Å²) in [7, 11) is 2.96. The van der Waals surface area contributed by atoms with Gasteiger partial charge in [-0.2, -0.15) is 0 Å². The lowest BCUT2D eigenvalue weighted by Gasteiger charge is -2.07. The van der Waals surface area contributed by atoms with Crippen LogP contribution in [-0.4, -0.2) is 45.8 Å². The Labute approximate surface area is 113 Å². The van der Waals surface area contributed by atoms with Crippen LogP contribution in [0.25, 0.3) is 0 Å². The second-order valence-corrected chi connectivity index (χ2v) is 3.07. The Bertz CT molecular complexity index is 224. The van der Waals surface area contributed by atoms with E-state index in [1.807, 2.05) is 0 Å². The first kappa shape index (κ1) is 17.8. The molecule has 96 valence electrons. The summed E-state index contributed by atoms with van der Waals surface area (Å²) in [5.74, 6) is -0.260. The van der Waals surface area contributed by atoms with E-state index < -0.39 is 0 Å². The molecule has 0 aliphatic carbocycles. The molecule has 3 N–H and O–H groups in total. The molecule has 0 aromatic carbocycles. The molecule has 0 radical (unpaired) electrons. The number of carbonyl (C=O) groups is 1. The molecule has 16 heavy (non-hydrogen) atoms. The van der Waals surface area contributed by atoms with E-state index in [-0.39, 0.29) is 35.9 Å². The van der Waals surface area contributed by atoms with E-state index in [0.717, 1.165) is 0 Å². The Kier molecular flexibility index (Phi) is 12.2. The minimum atomic E-state index is -0.288. The molecule has 1 unspecified atom stereocenters. The molecule has 0 amide bonds. The maximum absolute atomic E-state index is 11.0. The Balaban J connectivity index is 0. The van der Waals surface area contributed by atoms with Crippen LogP contribution in [0.15, 0.2) is 4.99 Å². The van der Waals surface area contributed by atoms with Gasteiger partial charge in [0.1, 0.15) is 0 Å². The number of aliphatic imine (C=N–C) groups is 1. The van der Waals surface area contributed by atoms with Crippen molar-refractivity contribution < 1.29 is 14.3 Å². The van der Waals surface area contributed by atoms with E-state index in [1.54, 1.807) is 14.0 Å². The number of methoxy groups -OCH3 is 2. The Morgan fingerprint density at radius 1 is 1.50 bits per heavy atom. The lowest BCUT2D eigenvalue weighted by molar-refractivity contribution is -0.144. The monoisotopic (exact) mass is 345 g/mol. The van der Waals surface area contributed by atoms with Gasteiger partial charge in [-0.1, -0.05) is 6.92 Å². The van der Waals surface area contributed by atoms with E-state index in [1.165, 1.54) is 7.11 Å². The van der Waals surface area contributed by atoms with Crippen molar-refractivity contribution >= 4 is 35.9 Å². The minimum Gasteiger partial charge on any atom is -0.469 e. The highest BCUT2D eigenvalue weighted by Gasteiger charge is 2.11. The number of halogens is 1. The van der Waals surface area contributed by atoms with Crippen LogP contribution in [0.1, 0.15) is 6.92 Å². The number of ether oxygens (including phenoxy) is 2. The molecular formula is C9H20IN3O3. The normalized spacial score (nSPS) is 12.6. The smallest absolute Gasteiger partial charge is 0.310 e. The molecule has 0 aromatic heterocycles. The fraction of sp³-hybridized carbons (Fsp3) is 0.778. The second kappa shape index (κ2) is 10.9. The summed E-state index contributed by atoms with van der Waals surface area (Å²) in [6.45, 7) is 3.21. The van der Waals surface area contributed by atoms with Gasteiger partial charge in [-0.05, 0) is 0 Å².